The Morgan fingerprint density at radius 1 is 0.971 bits per heavy atom. The van der Waals surface area contributed by atoms with Crippen LogP contribution in [0.5, 0.6) is 0 Å². The highest BCUT2D eigenvalue weighted by molar-refractivity contribution is 5.95. The van der Waals surface area contributed by atoms with Crippen molar-refractivity contribution in [2.75, 3.05) is 5.32 Å². The summed E-state index contributed by atoms with van der Waals surface area (Å²) in [4.78, 5) is 29.4. The molecule has 0 saturated heterocycles. The smallest absolute Gasteiger partial charge is 0.228 e. The summed E-state index contributed by atoms with van der Waals surface area (Å²) >= 11 is 0. The Kier molecular flexibility index (Phi) is 7.17. The molecule has 0 bridgehead atoms. The maximum Gasteiger partial charge on any atom is 0.228 e. The zero-order valence-corrected chi connectivity index (χ0v) is 19.2. The number of carbonyl (C=O) groups excluding carboxylic acids is 2. The molecule has 2 aromatic carbocycles. The first-order valence-electron chi connectivity index (χ1n) is 11.1. The maximum atomic E-state index is 12.6. The number of benzene rings is 2. The van der Waals surface area contributed by atoms with Crippen LogP contribution in [0.1, 0.15) is 29.1 Å². The molecule has 0 saturated carbocycles. The minimum Gasteiger partial charge on any atom is -0.441 e. The van der Waals surface area contributed by atoms with Gasteiger partial charge in [0.25, 0.3) is 0 Å². The molecule has 0 aliphatic carbocycles. The molecule has 2 heterocycles. The molecule has 0 radical (unpaired) electrons. The Labute approximate surface area is 198 Å². The van der Waals surface area contributed by atoms with Crippen molar-refractivity contribution in [1.82, 2.24) is 20.1 Å². The zero-order chi connectivity index (χ0) is 23.9. The lowest BCUT2D eigenvalue weighted by Gasteiger charge is -2.09. The van der Waals surface area contributed by atoms with Gasteiger partial charge < -0.3 is 15.1 Å². The van der Waals surface area contributed by atoms with Gasteiger partial charge in [0.15, 0.2) is 0 Å². The molecule has 174 valence electrons. The molecule has 8 heteroatoms. The molecule has 0 aliphatic rings. The number of aryl methyl sites for hydroxylation is 3. The maximum absolute atomic E-state index is 12.6. The second kappa shape index (κ2) is 10.6. The number of rotatable bonds is 9. The number of oxazole rings is 1. The fourth-order valence-corrected chi connectivity index (χ4v) is 3.57. The average molecular weight is 458 g/mol. The van der Waals surface area contributed by atoms with Crippen LogP contribution in [0.2, 0.25) is 0 Å². The molecule has 8 nitrogen and oxygen atoms in total. The van der Waals surface area contributed by atoms with Gasteiger partial charge in [-0.2, -0.15) is 5.10 Å². The fourth-order valence-electron chi connectivity index (χ4n) is 3.57. The van der Waals surface area contributed by atoms with Crippen LogP contribution < -0.4 is 10.6 Å². The van der Waals surface area contributed by atoms with Gasteiger partial charge in [0.05, 0.1) is 24.2 Å². The summed E-state index contributed by atoms with van der Waals surface area (Å²) in [5.74, 6) is 0.794. The summed E-state index contributed by atoms with van der Waals surface area (Å²) < 4.78 is 7.67. The normalized spacial score (nSPS) is 10.8. The molecule has 2 N–H and O–H groups in total. The minimum absolute atomic E-state index is 0.0903. The molecule has 0 fully saturated rings. The standard InChI is InChI=1S/C26H27N5O3/c1-18-12-14-28-31(18)15-13-24(32)27-17-23-19(2)34-26(30-23)21-10-6-7-11-22(21)29-25(33)16-20-8-4-3-5-9-20/h3-12,14H,13,15-17H2,1-2H3,(H,27,32)(H,29,33). The van der Waals surface area contributed by atoms with Crippen molar-refractivity contribution in [2.24, 2.45) is 0 Å². The zero-order valence-electron chi connectivity index (χ0n) is 19.2. The molecular formula is C26H27N5O3. The summed E-state index contributed by atoms with van der Waals surface area (Å²) in [5.41, 5.74) is 3.89. The van der Waals surface area contributed by atoms with Crippen LogP contribution >= 0.6 is 0 Å². The van der Waals surface area contributed by atoms with E-state index >= 15 is 0 Å². The number of anilines is 1. The third-order valence-corrected chi connectivity index (χ3v) is 5.46. The van der Waals surface area contributed by atoms with E-state index in [4.69, 9.17) is 4.42 Å². The van der Waals surface area contributed by atoms with E-state index in [-0.39, 0.29) is 24.8 Å². The second-order valence-electron chi connectivity index (χ2n) is 8.00. The third kappa shape index (κ3) is 5.78. The summed E-state index contributed by atoms with van der Waals surface area (Å²) in [7, 11) is 0. The SMILES string of the molecule is Cc1oc(-c2ccccc2NC(=O)Cc2ccccc2)nc1CNC(=O)CCn1nccc1C. The van der Waals surface area contributed by atoms with Crippen molar-refractivity contribution in [3.8, 4) is 11.5 Å². The molecule has 0 unspecified atom stereocenters. The molecule has 34 heavy (non-hydrogen) atoms. The van der Waals surface area contributed by atoms with Gasteiger partial charge in [-0.05, 0) is 37.6 Å². The van der Waals surface area contributed by atoms with Crippen molar-refractivity contribution in [3.63, 3.8) is 0 Å². The number of para-hydroxylation sites is 1. The van der Waals surface area contributed by atoms with Crippen molar-refractivity contribution in [3.05, 3.63) is 89.6 Å². The van der Waals surface area contributed by atoms with E-state index < -0.39 is 0 Å². The van der Waals surface area contributed by atoms with E-state index in [1.165, 1.54) is 0 Å². The van der Waals surface area contributed by atoms with Gasteiger partial charge in [-0.25, -0.2) is 4.98 Å². The van der Waals surface area contributed by atoms with Crippen LogP contribution in [0.25, 0.3) is 11.5 Å². The van der Waals surface area contributed by atoms with Gasteiger partial charge in [-0.3, -0.25) is 14.3 Å². The number of nitrogens with zero attached hydrogens (tertiary/aromatic N) is 3. The minimum atomic E-state index is -0.123. The quantitative estimate of drug-likeness (QED) is 0.395. The highest BCUT2D eigenvalue weighted by atomic mass is 16.4. The summed E-state index contributed by atoms with van der Waals surface area (Å²) in [5, 5.41) is 10.0. The molecule has 0 aliphatic heterocycles. The van der Waals surface area contributed by atoms with Crippen LogP contribution in [-0.2, 0) is 29.1 Å². The largest absolute Gasteiger partial charge is 0.441 e. The fraction of sp³-hybridized carbons (Fsp3) is 0.231. The molecule has 2 aromatic heterocycles. The van der Waals surface area contributed by atoms with Crippen LogP contribution in [0, 0.1) is 13.8 Å². The monoisotopic (exact) mass is 457 g/mol. The molecule has 4 aromatic rings. The number of carbonyl (C=O) groups is 2. The van der Waals surface area contributed by atoms with Gasteiger partial charge in [0, 0.05) is 24.9 Å². The first kappa shape index (κ1) is 23.0. The molecule has 2 amide bonds. The van der Waals surface area contributed by atoms with Crippen molar-refractivity contribution in [2.45, 2.75) is 39.8 Å². The Morgan fingerprint density at radius 2 is 1.74 bits per heavy atom. The second-order valence-corrected chi connectivity index (χ2v) is 8.00. The summed E-state index contributed by atoms with van der Waals surface area (Å²) in [6.45, 7) is 4.54. The van der Waals surface area contributed by atoms with E-state index in [9.17, 15) is 9.59 Å². The summed E-state index contributed by atoms with van der Waals surface area (Å²) in [6, 6.07) is 18.8. The highest BCUT2D eigenvalue weighted by Crippen LogP contribution is 2.29. The number of hydrogen-bond acceptors (Lipinski definition) is 5. The van der Waals surface area contributed by atoms with E-state index in [1.54, 1.807) is 10.9 Å². The Morgan fingerprint density at radius 3 is 2.50 bits per heavy atom. The average Bonchev–Trinajstić information content (AvgIpc) is 3.42. The predicted octanol–water partition coefficient (Wildman–Crippen LogP) is 4.04. The van der Waals surface area contributed by atoms with E-state index in [0.29, 0.717) is 41.6 Å². The Balaban J connectivity index is 1.39. The van der Waals surface area contributed by atoms with Gasteiger partial charge in [-0.15, -0.1) is 0 Å². The lowest BCUT2D eigenvalue weighted by molar-refractivity contribution is -0.121. The molecular weight excluding hydrogens is 430 g/mol. The van der Waals surface area contributed by atoms with E-state index in [2.05, 4.69) is 20.7 Å². The number of hydrogen-bond donors (Lipinski definition) is 2. The number of nitrogens with one attached hydrogen (secondary N) is 2. The van der Waals surface area contributed by atoms with Crippen LogP contribution in [0.4, 0.5) is 5.69 Å². The topological polar surface area (TPSA) is 102 Å². The van der Waals surface area contributed by atoms with E-state index in [1.807, 2.05) is 74.5 Å². The van der Waals surface area contributed by atoms with Gasteiger partial charge in [0.2, 0.25) is 17.7 Å². The van der Waals surface area contributed by atoms with Gasteiger partial charge >= 0.3 is 0 Å². The van der Waals surface area contributed by atoms with Gasteiger partial charge in [0.1, 0.15) is 11.5 Å². The van der Waals surface area contributed by atoms with Gasteiger partial charge in [-0.1, -0.05) is 42.5 Å². The van der Waals surface area contributed by atoms with Crippen molar-refractivity contribution < 1.29 is 14.0 Å². The molecule has 4 rings (SSSR count). The number of aromatic nitrogens is 3. The van der Waals surface area contributed by atoms with E-state index in [0.717, 1.165) is 11.3 Å². The highest BCUT2D eigenvalue weighted by Gasteiger charge is 2.16. The van der Waals surface area contributed by atoms with Crippen molar-refractivity contribution in [1.29, 1.82) is 0 Å². The predicted molar refractivity (Wildman–Crippen MR) is 129 cm³/mol. The van der Waals surface area contributed by atoms with Crippen LogP contribution in [0.3, 0.4) is 0 Å². The third-order valence-electron chi connectivity index (χ3n) is 5.46. The number of amides is 2. The lowest BCUT2D eigenvalue weighted by Crippen LogP contribution is -2.24. The molecule has 0 spiro atoms. The van der Waals surface area contributed by atoms with Crippen LogP contribution in [-0.4, -0.2) is 26.6 Å². The first-order valence-corrected chi connectivity index (χ1v) is 11.1. The lowest BCUT2D eigenvalue weighted by atomic mass is 10.1. The molecule has 0 atom stereocenters. The first-order chi connectivity index (χ1) is 16.5. The Bertz CT molecular complexity index is 1280. The Hall–Kier alpha value is -4.20. The van der Waals surface area contributed by atoms with Crippen molar-refractivity contribution >= 4 is 17.5 Å². The summed E-state index contributed by atoms with van der Waals surface area (Å²) in [6.07, 6.45) is 2.31. The van der Waals surface area contributed by atoms with Crippen LogP contribution in [0.15, 0.2) is 71.3 Å².